The minimum absolute atomic E-state index is 0.00248. The van der Waals surface area contributed by atoms with Crippen LogP contribution >= 0.6 is 23.2 Å². The summed E-state index contributed by atoms with van der Waals surface area (Å²) in [6.45, 7) is -0.368. The third-order valence-electron chi connectivity index (χ3n) is 2.25. The molecular weight excluding hydrogens is 307 g/mol. The summed E-state index contributed by atoms with van der Waals surface area (Å²) in [7, 11) is 0. The average Bonchev–Trinajstić information content (AvgIpc) is 2.81. The summed E-state index contributed by atoms with van der Waals surface area (Å²) < 4.78 is 1.05. The zero-order chi connectivity index (χ0) is 14.7. The van der Waals surface area contributed by atoms with Crippen molar-refractivity contribution in [2.24, 2.45) is 0 Å². The van der Waals surface area contributed by atoms with Crippen LogP contribution in [-0.4, -0.2) is 32.0 Å². The molecule has 7 nitrogen and oxygen atoms in total. The van der Waals surface area contributed by atoms with E-state index in [4.69, 9.17) is 28.3 Å². The summed E-state index contributed by atoms with van der Waals surface area (Å²) in [5.41, 5.74) is 0.439. The Morgan fingerprint density at radius 2 is 2.05 bits per heavy atom. The molecule has 0 unspecified atom stereocenters. The SMILES string of the molecule is O=C(O)Cn1cc(C(=O)Nc2ccc(Cl)c(Cl)c2)nn1. The molecule has 1 amide bonds. The molecule has 2 aromatic rings. The number of halogens is 2. The fraction of sp³-hybridized carbons (Fsp3) is 0.0909. The number of hydrogen-bond donors (Lipinski definition) is 2. The Kier molecular flexibility index (Phi) is 4.21. The van der Waals surface area contributed by atoms with E-state index in [9.17, 15) is 9.59 Å². The topological polar surface area (TPSA) is 97.1 Å². The second kappa shape index (κ2) is 5.89. The van der Waals surface area contributed by atoms with Gasteiger partial charge in [-0.2, -0.15) is 0 Å². The third-order valence-corrected chi connectivity index (χ3v) is 2.99. The number of aliphatic carboxylic acids is 1. The van der Waals surface area contributed by atoms with Crippen molar-refractivity contribution in [1.29, 1.82) is 0 Å². The summed E-state index contributed by atoms with van der Waals surface area (Å²) >= 11 is 11.6. The maximum atomic E-state index is 11.9. The van der Waals surface area contributed by atoms with Crippen LogP contribution in [0.15, 0.2) is 24.4 Å². The van der Waals surface area contributed by atoms with E-state index in [1.54, 1.807) is 12.1 Å². The van der Waals surface area contributed by atoms with Crippen LogP contribution in [0.3, 0.4) is 0 Å². The van der Waals surface area contributed by atoms with Crippen molar-refractivity contribution >= 4 is 40.8 Å². The van der Waals surface area contributed by atoms with Crippen molar-refractivity contribution in [2.45, 2.75) is 6.54 Å². The molecule has 0 saturated carbocycles. The van der Waals surface area contributed by atoms with E-state index in [2.05, 4.69) is 15.6 Å². The lowest BCUT2D eigenvalue weighted by molar-refractivity contribution is -0.137. The number of carbonyl (C=O) groups excluding carboxylic acids is 1. The Balaban J connectivity index is 2.09. The van der Waals surface area contributed by atoms with Crippen LogP contribution in [-0.2, 0) is 11.3 Å². The Morgan fingerprint density at radius 3 is 2.70 bits per heavy atom. The smallest absolute Gasteiger partial charge is 0.325 e. The molecular formula is C11H8Cl2N4O3. The lowest BCUT2D eigenvalue weighted by Gasteiger charge is -2.04. The maximum absolute atomic E-state index is 11.9. The van der Waals surface area contributed by atoms with Crippen molar-refractivity contribution in [2.75, 3.05) is 5.32 Å². The standard InChI is InChI=1S/C11H8Cl2N4O3/c12-7-2-1-6(3-8(7)13)14-11(20)9-4-17(16-15-9)5-10(18)19/h1-4H,5H2,(H,14,20)(H,18,19). The molecule has 0 fully saturated rings. The average molecular weight is 315 g/mol. The molecule has 2 rings (SSSR count). The number of nitrogens with one attached hydrogen (secondary N) is 1. The highest BCUT2D eigenvalue weighted by Crippen LogP contribution is 2.25. The van der Waals surface area contributed by atoms with Gasteiger partial charge >= 0.3 is 5.97 Å². The zero-order valence-electron chi connectivity index (χ0n) is 9.88. The normalized spacial score (nSPS) is 10.3. The number of carboxylic acid groups (broad SMARTS) is 1. The van der Waals surface area contributed by atoms with Gasteiger partial charge in [-0.1, -0.05) is 28.4 Å². The minimum Gasteiger partial charge on any atom is -0.480 e. The maximum Gasteiger partial charge on any atom is 0.325 e. The van der Waals surface area contributed by atoms with Gasteiger partial charge in [-0.05, 0) is 18.2 Å². The van der Waals surface area contributed by atoms with Crippen molar-refractivity contribution in [3.63, 3.8) is 0 Å². The molecule has 1 aromatic carbocycles. The molecule has 0 aliphatic heterocycles. The van der Waals surface area contributed by atoms with Gasteiger partial charge in [0.1, 0.15) is 6.54 Å². The van der Waals surface area contributed by atoms with Crippen LogP contribution < -0.4 is 5.32 Å². The van der Waals surface area contributed by atoms with Crippen LogP contribution in [0.2, 0.25) is 10.0 Å². The van der Waals surface area contributed by atoms with E-state index in [0.717, 1.165) is 4.68 Å². The molecule has 2 N–H and O–H groups in total. The number of rotatable bonds is 4. The van der Waals surface area contributed by atoms with Gasteiger partial charge in [0.15, 0.2) is 5.69 Å². The van der Waals surface area contributed by atoms with Crippen molar-refractivity contribution in [1.82, 2.24) is 15.0 Å². The summed E-state index contributed by atoms with van der Waals surface area (Å²) in [4.78, 5) is 22.4. The highest BCUT2D eigenvalue weighted by atomic mass is 35.5. The molecule has 0 bridgehead atoms. The van der Waals surface area contributed by atoms with Crippen LogP contribution in [0, 0.1) is 0 Å². The van der Waals surface area contributed by atoms with E-state index < -0.39 is 11.9 Å². The fourth-order valence-corrected chi connectivity index (χ4v) is 1.69. The van der Waals surface area contributed by atoms with E-state index >= 15 is 0 Å². The fourth-order valence-electron chi connectivity index (χ4n) is 1.39. The quantitative estimate of drug-likeness (QED) is 0.898. The number of benzene rings is 1. The molecule has 1 heterocycles. The summed E-state index contributed by atoms with van der Waals surface area (Å²) in [6, 6.07) is 4.61. The molecule has 104 valence electrons. The van der Waals surface area contributed by atoms with Gasteiger partial charge in [0, 0.05) is 5.69 Å². The van der Waals surface area contributed by atoms with Crippen LogP contribution in [0.1, 0.15) is 10.5 Å². The first kappa shape index (κ1) is 14.3. The second-order valence-corrected chi connectivity index (χ2v) is 4.59. The van der Waals surface area contributed by atoms with Crippen LogP contribution in [0.25, 0.3) is 0 Å². The van der Waals surface area contributed by atoms with Gasteiger partial charge in [-0.25, -0.2) is 4.68 Å². The summed E-state index contributed by atoms with van der Waals surface area (Å²) in [5, 5.41) is 18.9. The molecule has 0 radical (unpaired) electrons. The molecule has 1 aromatic heterocycles. The largest absolute Gasteiger partial charge is 0.480 e. The highest BCUT2D eigenvalue weighted by Gasteiger charge is 2.12. The van der Waals surface area contributed by atoms with Crippen LogP contribution in [0.4, 0.5) is 5.69 Å². The number of carbonyl (C=O) groups is 2. The van der Waals surface area contributed by atoms with Gasteiger partial charge in [-0.3, -0.25) is 9.59 Å². The number of hydrogen-bond acceptors (Lipinski definition) is 4. The van der Waals surface area contributed by atoms with Gasteiger partial charge < -0.3 is 10.4 Å². The lowest BCUT2D eigenvalue weighted by Crippen LogP contribution is -2.12. The Morgan fingerprint density at radius 1 is 1.30 bits per heavy atom. The molecule has 0 aliphatic carbocycles. The highest BCUT2D eigenvalue weighted by molar-refractivity contribution is 6.42. The second-order valence-electron chi connectivity index (χ2n) is 3.78. The van der Waals surface area contributed by atoms with E-state index in [0.29, 0.717) is 15.7 Å². The number of carboxylic acids is 1. The lowest BCUT2D eigenvalue weighted by atomic mass is 10.3. The Bertz CT molecular complexity index is 671. The molecule has 0 spiro atoms. The number of aromatic nitrogens is 3. The van der Waals surface area contributed by atoms with Crippen LogP contribution in [0.5, 0.6) is 0 Å². The molecule has 0 atom stereocenters. The van der Waals surface area contributed by atoms with E-state index in [-0.39, 0.29) is 12.2 Å². The first-order valence-electron chi connectivity index (χ1n) is 5.34. The zero-order valence-corrected chi connectivity index (χ0v) is 11.4. The van der Waals surface area contributed by atoms with Crippen molar-refractivity contribution in [3.05, 3.63) is 40.1 Å². The van der Waals surface area contributed by atoms with Gasteiger partial charge in [0.2, 0.25) is 0 Å². The van der Waals surface area contributed by atoms with Gasteiger partial charge in [0.25, 0.3) is 5.91 Å². The van der Waals surface area contributed by atoms with Gasteiger partial charge in [-0.15, -0.1) is 5.10 Å². The first-order valence-corrected chi connectivity index (χ1v) is 6.09. The molecule has 20 heavy (non-hydrogen) atoms. The minimum atomic E-state index is -1.08. The third kappa shape index (κ3) is 3.46. The predicted octanol–water partition coefficient (Wildman–Crippen LogP) is 1.92. The molecule has 0 aliphatic rings. The van der Waals surface area contributed by atoms with Crippen molar-refractivity contribution < 1.29 is 14.7 Å². The summed E-state index contributed by atoms with van der Waals surface area (Å²) in [5.74, 6) is -1.61. The summed E-state index contributed by atoms with van der Waals surface area (Å²) in [6.07, 6.45) is 1.24. The first-order chi connectivity index (χ1) is 9.45. The molecule has 0 saturated heterocycles. The van der Waals surface area contributed by atoms with E-state index in [1.165, 1.54) is 12.3 Å². The van der Waals surface area contributed by atoms with E-state index in [1.807, 2.05) is 0 Å². The Labute approximate surface area is 123 Å². The Hall–Kier alpha value is -2.12. The monoisotopic (exact) mass is 314 g/mol. The number of amides is 1. The number of nitrogens with zero attached hydrogens (tertiary/aromatic N) is 3. The number of anilines is 1. The van der Waals surface area contributed by atoms with Crippen molar-refractivity contribution in [3.8, 4) is 0 Å². The predicted molar refractivity (Wildman–Crippen MR) is 72.1 cm³/mol. The molecule has 9 heteroatoms. The van der Waals surface area contributed by atoms with Gasteiger partial charge in [0.05, 0.1) is 16.2 Å².